The summed E-state index contributed by atoms with van der Waals surface area (Å²) < 4.78 is 0. The maximum atomic E-state index is 4.32. The lowest BCUT2D eigenvalue weighted by Gasteiger charge is -2.23. The van der Waals surface area contributed by atoms with Crippen molar-refractivity contribution in [2.45, 2.75) is 32.4 Å². The van der Waals surface area contributed by atoms with Gasteiger partial charge in [-0.3, -0.25) is 14.9 Å². The molecule has 1 fully saturated rings. The molecule has 1 N–H and O–H groups in total. The summed E-state index contributed by atoms with van der Waals surface area (Å²) in [6.45, 7) is 6.46. The van der Waals surface area contributed by atoms with Gasteiger partial charge in [-0.1, -0.05) is 6.92 Å². The van der Waals surface area contributed by atoms with E-state index in [2.05, 4.69) is 27.1 Å². The molecule has 1 saturated heterocycles. The number of hydrogen-bond donors (Lipinski definition) is 1. The summed E-state index contributed by atoms with van der Waals surface area (Å²) in [7, 11) is 0. The Morgan fingerprint density at radius 2 is 2.44 bits per heavy atom. The van der Waals surface area contributed by atoms with Gasteiger partial charge in [-0.2, -0.15) is 0 Å². The van der Waals surface area contributed by atoms with E-state index in [9.17, 15) is 0 Å². The molecule has 0 spiro atoms. The Hall–Kier alpha value is -1.00. The molecule has 4 nitrogen and oxygen atoms in total. The highest BCUT2D eigenvalue weighted by molar-refractivity contribution is 4.94. The molecule has 1 aromatic heterocycles. The minimum atomic E-state index is 0.664. The Morgan fingerprint density at radius 1 is 1.50 bits per heavy atom. The second-order valence-electron chi connectivity index (χ2n) is 4.32. The van der Waals surface area contributed by atoms with Crippen LogP contribution in [0.2, 0.25) is 0 Å². The molecule has 0 radical (unpaired) electrons. The van der Waals surface area contributed by atoms with Gasteiger partial charge in [-0.25, -0.2) is 0 Å². The number of nitrogens with one attached hydrogen (secondary N) is 1. The van der Waals surface area contributed by atoms with E-state index >= 15 is 0 Å². The summed E-state index contributed by atoms with van der Waals surface area (Å²) in [4.78, 5) is 10.8. The third kappa shape index (κ3) is 3.25. The zero-order valence-corrected chi connectivity index (χ0v) is 9.89. The monoisotopic (exact) mass is 220 g/mol. The largest absolute Gasteiger partial charge is 0.313 e. The van der Waals surface area contributed by atoms with E-state index in [1.54, 1.807) is 12.4 Å². The minimum absolute atomic E-state index is 0.664. The van der Waals surface area contributed by atoms with Crippen LogP contribution in [0.5, 0.6) is 0 Å². The molecule has 0 aromatic carbocycles. The van der Waals surface area contributed by atoms with Crippen LogP contribution < -0.4 is 5.32 Å². The highest BCUT2D eigenvalue weighted by atomic mass is 15.2. The molecule has 2 rings (SSSR count). The molecule has 1 aliphatic heterocycles. The zero-order chi connectivity index (χ0) is 11.2. The highest BCUT2D eigenvalue weighted by Crippen LogP contribution is 2.08. The summed E-state index contributed by atoms with van der Waals surface area (Å²) in [6, 6.07) is 0.664. The van der Waals surface area contributed by atoms with E-state index in [0.29, 0.717) is 6.04 Å². The van der Waals surface area contributed by atoms with Gasteiger partial charge in [-0.15, -0.1) is 0 Å². The summed E-state index contributed by atoms with van der Waals surface area (Å²) in [5.41, 5.74) is 1.06. The molecule has 16 heavy (non-hydrogen) atoms. The van der Waals surface area contributed by atoms with Crippen LogP contribution in [0.15, 0.2) is 18.6 Å². The lowest BCUT2D eigenvalue weighted by atomic mass is 10.2. The van der Waals surface area contributed by atoms with Gasteiger partial charge in [0.15, 0.2) is 0 Å². The first kappa shape index (κ1) is 11.5. The first-order chi connectivity index (χ1) is 7.88. The average molecular weight is 220 g/mol. The van der Waals surface area contributed by atoms with Gasteiger partial charge in [0, 0.05) is 37.7 Å². The summed E-state index contributed by atoms with van der Waals surface area (Å²) >= 11 is 0. The summed E-state index contributed by atoms with van der Waals surface area (Å²) in [5, 5.41) is 3.53. The lowest BCUT2D eigenvalue weighted by Crippen LogP contribution is -2.37. The third-order valence-electron chi connectivity index (χ3n) is 3.09. The fraction of sp³-hybridized carbons (Fsp3) is 0.667. The lowest BCUT2D eigenvalue weighted by molar-refractivity contribution is 0.250. The second-order valence-corrected chi connectivity index (χ2v) is 4.32. The van der Waals surface area contributed by atoms with Crippen LogP contribution >= 0.6 is 0 Å². The molecule has 0 aliphatic carbocycles. The van der Waals surface area contributed by atoms with Gasteiger partial charge < -0.3 is 5.32 Å². The van der Waals surface area contributed by atoms with Crippen LogP contribution in [0.25, 0.3) is 0 Å². The van der Waals surface area contributed by atoms with Gasteiger partial charge >= 0.3 is 0 Å². The van der Waals surface area contributed by atoms with Gasteiger partial charge in [-0.05, 0) is 25.9 Å². The van der Waals surface area contributed by atoms with Crippen molar-refractivity contribution in [1.82, 2.24) is 20.2 Å². The van der Waals surface area contributed by atoms with E-state index < -0.39 is 0 Å². The quantitative estimate of drug-likeness (QED) is 0.805. The van der Waals surface area contributed by atoms with Crippen molar-refractivity contribution in [3.63, 3.8) is 0 Å². The van der Waals surface area contributed by atoms with Crippen LogP contribution in [0.3, 0.4) is 0 Å². The molecule has 1 aliphatic rings. The molecule has 4 heteroatoms. The van der Waals surface area contributed by atoms with Crippen molar-refractivity contribution in [3.05, 3.63) is 24.3 Å². The SMILES string of the molecule is CCN(Cc1cnccn1)CC1CCCN1. The molecule has 1 atom stereocenters. The molecule has 2 heterocycles. The normalized spacial score (nSPS) is 20.5. The molecule has 1 unspecified atom stereocenters. The van der Waals surface area contributed by atoms with Gasteiger partial charge in [0.2, 0.25) is 0 Å². The third-order valence-corrected chi connectivity index (χ3v) is 3.09. The van der Waals surface area contributed by atoms with Crippen molar-refractivity contribution in [3.8, 4) is 0 Å². The van der Waals surface area contributed by atoms with Crippen LogP contribution in [0, 0.1) is 0 Å². The van der Waals surface area contributed by atoms with Crippen molar-refractivity contribution in [1.29, 1.82) is 0 Å². The fourth-order valence-electron chi connectivity index (χ4n) is 2.17. The van der Waals surface area contributed by atoms with Crippen molar-refractivity contribution in [2.75, 3.05) is 19.6 Å². The fourth-order valence-corrected chi connectivity index (χ4v) is 2.17. The second kappa shape index (κ2) is 5.92. The molecule has 0 amide bonds. The van der Waals surface area contributed by atoms with Gasteiger partial charge in [0.05, 0.1) is 5.69 Å². The van der Waals surface area contributed by atoms with Gasteiger partial charge in [0.1, 0.15) is 0 Å². The minimum Gasteiger partial charge on any atom is -0.313 e. The van der Waals surface area contributed by atoms with E-state index in [1.807, 2.05) is 6.20 Å². The van der Waals surface area contributed by atoms with Crippen LogP contribution in [-0.2, 0) is 6.54 Å². The summed E-state index contributed by atoms with van der Waals surface area (Å²) in [6.07, 6.45) is 7.95. The molecule has 0 saturated carbocycles. The molecule has 0 bridgehead atoms. The topological polar surface area (TPSA) is 41.1 Å². The van der Waals surface area contributed by atoms with E-state index in [0.717, 1.165) is 25.3 Å². The summed E-state index contributed by atoms with van der Waals surface area (Å²) in [5.74, 6) is 0. The van der Waals surface area contributed by atoms with E-state index in [-0.39, 0.29) is 0 Å². The smallest absolute Gasteiger partial charge is 0.0726 e. The van der Waals surface area contributed by atoms with Crippen LogP contribution in [-0.4, -0.2) is 40.5 Å². The van der Waals surface area contributed by atoms with Crippen molar-refractivity contribution >= 4 is 0 Å². The Balaban J connectivity index is 1.85. The van der Waals surface area contributed by atoms with E-state index in [4.69, 9.17) is 0 Å². The number of likely N-dealkylation sites (N-methyl/N-ethyl adjacent to an activating group) is 1. The van der Waals surface area contributed by atoms with Crippen LogP contribution in [0.1, 0.15) is 25.5 Å². The van der Waals surface area contributed by atoms with Gasteiger partial charge in [0.25, 0.3) is 0 Å². The molecule has 88 valence electrons. The average Bonchev–Trinajstić information content (AvgIpc) is 2.82. The first-order valence-electron chi connectivity index (χ1n) is 6.09. The zero-order valence-electron chi connectivity index (χ0n) is 9.89. The van der Waals surface area contributed by atoms with Crippen LogP contribution in [0.4, 0.5) is 0 Å². The number of aromatic nitrogens is 2. The first-order valence-corrected chi connectivity index (χ1v) is 6.09. The predicted octanol–water partition coefficient (Wildman–Crippen LogP) is 1.05. The number of rotatable bonds is 5. The Bertz CT molecular complexity index is 295. The molecular formula is C12H20N4. The predicted molar refractivity (Wildman–Crippen MR) is 64.0 cm³/mol. The maximum Gasteiger partial charge on any atom is 0.0726 e. The standard InChI is InChI=1S/C12H20N4/c1-2-16(9-11-4-3-5-14-11)10-12-8-13-6-7-15-12/h6-8,11,14H,2-5,9-10H2,1H3. The molecule has 1 aromatic rings. The Kier molecular flexibility index (Phi) is 4.25. The Labute approximate surface area is 97.1 Å². The number of nitrogens with zero attached hydrogens (tertiary/aromatic N) is 3. The maximum absolute atomic E-state index is 4.32. The Morgan fingerprint density at radius 3 is 3.06 bits per heavy atom. The van der Waals surface area contributed by atoms with E-state index in [1.165, 1.54) is 19.4 Å². The highest BCUT2D eigenvalue weighted by Gasteiger charge is 2.17. The molecular weight excluding hydrogens is 200 g/mol. The van der Waals surface area contributed by atoms with Crippen molar-refractivity contribution < 1.29 is 0 Å². The van der Waals surface area contributed by atoms with Crippen molar-refractivity contribution in [2.24, 2.45) is 0 Å². The number of hydrogen-bond acceptors (Lipinski definition) is 4.